The van der Waals surface area contributed by atoms with Crippen molar-refractivity contribution in [2.24, 2.45) is 0 Å². The highest BCUT2D eigenvalue weighted by Gasteiger charge is 2.06. The topological polar surface area (TPSA) is 29.1 Å². The Kier molecular flexibility index (Phi) is 3.24. The summed E-state index contributed by atoms with van der Waals surface area (Å²) in [6, 6.07) is 14.3. The third-order valence-corrected chi connectivity index (χ3v) is 2.84. The van der Waals surface area contributed by atoms with Crippen molar-refractivity contribution in [3.8, 4) is 11.1 Å². The largest absolute Gasteiger partial charge is 0.328 e. The summed E-state index contributed by atoms with van der Waals surface area (Å²) in [5.41, 5.74) is 5.34. The van der Waals surface area contributed by atoms with E-state index in [1.165, 1.54) is 5.56 Å². The van der Waals surface area contributed by atoms with Gasteiger partial charge < -0.3 is 5.32 Å². The molecular formula is C15H15NO. The third kappa shape index (κ3) is 2.36. The molecule has 0 aliphatic heterocycles. The van der Waals surface area contributed by atoms with E-state index in [1.54, 1.807) is 0 Å². The molecule has 0 spiro atoms. The molecule has 2 heteroatoms. The van der Waals surface area contributed by atoms with Crippen LogP contribution in [0, 0.1) is 13.8 Å². The fourth-order valence-corrected chi connectivity index (χ4v) is 1.89. The number of amides is 1. The summed E-state index contributed by atoms with van der Waals surface area (Å²) in [5.74, 6) is 0. The molecule has 1 amide bonds. The molecule has 0 aromatic heterocycles. The fraction of sp³-hybridized carbons (Fsp3) is 0.133. The van der Waals surface area contributed by atoms with Gasteiger partial charge in [0.05, 0.1) is 5.69 Å². The second kappa shape index (κ2) is 4.83. The zero-order valence-electron chi connectivity index (χ0n) is 10.0. The smallest absolute Gasteiger partial charge is 0.211 e. The van der Waals surface area contributed by atoms with Crippen molar-refractivity contribution >= 4 is 12.1 Å². The van der Waals surface area contributed by atoms with Gasteiger partial charge in [-0.3, -0.25) is 4.79 Å². The van der Waals surface area contributed by atoms with E-state index in [0.717, 1.165) is 28.8 Å². The molecule has 2 aromatic rings. The molecule has 2 nitrogen and oxygen atoms in total. The van der Waals surface area contributed by atoms with Gasteiger partial charge in [0.2, 0.25) is 6.41 Å². The maximum atomic E-state index is 10.7. The van der Waals surface area contributed by atoms with Gasteiger partial charge in [0.1, 0.15) is 0 Å². The second-order valence-corrected chi connectivity index (χ2v) is 4.13. The van der Waals surface area contributed by atoms with Crippen LogP contribution in [-0.4, -0.2) is 6.41 Å². The number of aryl methyl sites for hydroxylation is 2. The molecule has 86 valence electrons. The number of para-hydroxylation sites is 1. The van der Waals surface area contributed by atoms with Gasteiger partial charge in [0.15, 0.2) is 0 Å². The van der Waals surface area contributed by atoms with Gasteiger partial charge in [0, 0.05) is 5.56 Å². The van der Waals surface area contributed by atoms with Crippen molar-refractivity contribution in [1.82, 2.24) is 0 Å². The first-order valence-electron chi connectivity index (χ1n) is 5.59. The Hall–Kier alpha value is -2.09. The number of carbonyl (C=O) groups excluding carboxylic acids is 1. The molecule has 0 unspecified atom stereocenters. The number of hydrogen-bond donors (Lipinski definition) is 1. The van der Waals surface area contributed by atoms with Crippen molar-refractivity contribution in [3.05, 3.63) is 53.6 Å². The van der Waals surface area contributed by atoms with Crippen molar-refractivity contribution in [3.63, 3.8) is 0 Å². The van der Waals surface area contributed by atoms with Crippen LogP contribution < -0.4 is 5.32 Å². The van der Waals surface area contributed by atoms with Gasteiger partial charge in [-0.15, -0.1) is 0 Å². The molecular weight excluding hydrogens is 210 g/mol. The standard InChI is InChI=1S/C15H15NO/c1-11-6-8-13(9-7-11)14-5-3-4-12(2)15(14)16-10-17/h3-10H,1-2H3,(H,16,17). The minimum absolute atomic E-state index is 0.722. The first-order valence-corrected chi connectivity index (χ1v) is 5.59. The summed E-state index contributed by atoms with van der Waals surface area (Å²) < 4.78 is 0. The molecule has 1 N–H and O–H groups in total. The Morgan fingerprint density at radius 1 is 1.00 bits per heavy atom. The molecule has 2 aromatic carbocycles. The minimum Gasteiger partial charge on any atom is -0.328 e. The van der Waals surface area contributed by atoms with E-state index in [0.29, 0.717) is 0 Å². The van der Waals surface area contributed by atoms with Gasteiger partial charge in [-0.1, -0.05) is 48.0 Å². The predicted octanol–water partition coefficient (Wildman–Crippen LogP) is 3.54. The summed E-state index contributed by atoms with van der Waals surface area (Å²) in [6.07, 6.45) is 0.722. The maximum absolute atomic E-state index is 10.7. The van der Waals surface area contributed by atoms with E-state index in [-0.39, 0.29) is 0 Å². The van der Waals surface area contributed by atoms with Crippen molar-refractivity contribution in [2.75, 3.05) is 5.32 Å². The minimum atomic E-state index is 0.722. The Morgan fingerprint density at radius 3 is 2.35 bits per heavy atom. The van der Waals surface area contributed by atoms with Crippen LogP contribution in [0.1, 0.15) is 11.1 Å². The lowest BCUT2D eigenvalue weighted by Gasteiger charge is -2.11. The maximum Gasteiger partial charge on any atom is 0.211 e. The van der Waals surface area contributed by atoms with Crippen molar-refractivity contribution in [1.29, 1.82) is 0 Å². The summed E-state index contributed by atoms with van der Waals surface area (Å²) in [6.45, 7) is 4.05. The molecule has 2 rings (SSSR count). The molecule has 0 radical (unpaired) electrons. The molecule has 0 saturated heterocycles. The highest BCUT2D eigenvalue weighted by molar-refractivity contribution is 5.87. The van der Waals surface area contributed by atoms with Crippen LogP contribution >= 0.6 is 0 Å². The van der Waals surface area contributed by atoms with Crippen LogP contribution in [-0.2, 0) is 4.79 Å². The summed E-state index contributed by atoms with van der Waals surface area (Å²) in [4.78, 5) is 10.7. The average Bonchev–Trinajstić information content (AvgIpc) is 2.33. The zero-order chi connectivity index (χ0) is 12.3. The van der Waals surface area contributed by atoms with Crippen LogP contribution in [0.25, 0.3) is 11.1 Å². The van der Waals surface area contributed by atoms with Gasteiger partial charge >= 0.3 is 0 Å². The third-order valence-electron chi connectivity index (χ3n) is 2.84. The van der Waals surface area contributed by atoms with Crippen molar-refractivity contribution < 1.29 is 4.79 Å². The number of rotatable bonds is 3. The second-order valence-electron chi connectivity index (χ2n) is 4.13. The van der Waals surface area contributed by atoms with E-state index in [2.05, 4.69) is 36.5 Å². The highest BCUT2D eigenvalue weighted by Crippen LogP contribution is 2.30. The Balaban J connectivity index is 2.54. The van der Waals surface area contributed by atoms with Crippen LogP contribution in [0.15, 0.2) is 42.5 Å². The van der Waals surface area contributed by atoms with Crippen LogP contribution in [0.4, 0.5) is 5.69 Å². The molecule has 0 aliphatic carbocycles. The summed E-state index contributed by atoms with van der Waals surface area (Å²) in [7, 11) is 0. The van der Waals surface area contributed by atoms with E-state index in [4.69, 9.17) is 0 Å². The Bertz CT molecular complexity index is 529. The van der Waals surface area contributed by atoms with Crippen LogP contribution in [0.5, 0.6) is 0 Å². The van der Waals surface area contributed by atoms with Crippen LogP contribution in [0.3, 0.4) is 0 Å². The number of hydrogen-bond acceptors (Lipinski definition) is 1. The number of anilines is 1. The molecule has 0 bridgehead atoms. The first kappa shape index (κ1) is 11.4. The molecule has 0 fully saturated rings. The van der Waals surface area contributed by atoms with Gasteiger partial charge in [-0.05, 0) is 25.0 Å². The highest BCUT2D eigenvalue weighted by atomic mass is 16.1. The lowest BCUT2D eigenvalue weighted by atomic mass is 10.00. The van der Waals surface area contributed by atoms with E-state index >= 15 is 0 Å². The molecule has 0 heterocycles. The van der Waals surface area contributed by atoms with Gasteiger partial charge in [-0.2, -0.15) is 0 Å². The van der Waals surface area contributed by atoms with E-state index < -0.39 is 0 Å². The van der Waals surface area contributed by atoms with Crippen molar-refractivity contribution in [2.45, 2.75) is 13.8 Å². The Labute approximate surface area is 101 Å². The predicted molar refractivity (Wildman–Crippen MR) is 71.0 cm³/mol. The molecule has 0 saturated carbocycles. The zero-order valence-corrected chi connectivity index (χ0v) is 10.0. The lowest BCUT2D eigenvalue weighted by molar-refractivity contribution is -0.105. The molecule has 17 heavy (non-hydrogen) atoms. The van der Waals surface area contributed by atoms with E-state index in [1.807, 2.05) is 25.1 Å². The van der Waals surface area contributed by atoms with Gasteiger partial charge in [0.25, 0.3) is 0 Å². The quantitative estimate of drug-likeness (QED) is 0.795. The van der Waals surface area contributed by atoms with Crippen LogP contribution in [0.2, 0.25) is 0 Å². The fourth-order valence-electron chi connectivity index (χ4n) is 1.89. The van der Waals surface area contributed by atoms with Gasteiger partial charge in [-0.25, -0.2) is 0 Å². The van der Waals surface area contributed by atoms with E-state index in [9.17, 15) is 4.79 Å². The normalized spacial score (nSPS) is 10.0. The number of nitrogens with one attached hydrogen (secondary N) is 1. The SMILES string of the molecule is Cc1ccc(-c2cccc(C)c2NC=O)cc1. The number of benzene rings is 2. The first-order chi connectivity index (χ1) is 8.22. The summed E-state index contributed by atoms with van der Waals surface area (Å²) >= 11 is 0. The Morgan fingerprint density at radius 2 is 1.71 bits per heavy atom. The molecule has 0 aliphatic rings. The number of carbonyl (C=O) groups is 1. The lowest BCUT2D eigenvalue weighted by Crippen LogP contribution is -1.98. The average molecular weight is 225 g/mol. The monoisotopic (exact) mass is 225 g/mol. The summed E-state index contributed by atoms with van der Waals surface area (Å²) in [5, 5.41) is 2.78. The molecule has 0 atom stereocenters.